The van der Waals surface area contributed by atoms with Crippen LogP contribution in [0.15, 0.2) is 0 Å². The summed E-state index contributed by atoms with van der Waals surface area (Å²) in [6, 6.07) is 0.274. The number of hydrogen-bond acceptors (Lipinski definition) is 5. The maximum absolute atomic E-state index is 11.4. The van der Waals surface area contributed by atoms with E-state index in [-0.39, 0.29) is 12.1 Å². The number of carbonyl (C=O) groups excluding carboxylic acids is 1. The van der Waals surface area contributed by atoms with Gasteiger partial charge in [-0.1, -0.05) is 0 Å². The van der Waals surface area contributed by atoms with Crippen molar-refractivity contribution < 1.29 is 19.0 Å². The molecule has 0 saturated heterocycles. The molecule has 0 aliphatic carbocycles. The number of ether oxygens (including phenoxy) is 3. The largest absolute Gasteiger partial charge is 0.444 e. The van der Waals surface area contributed by atoms with E-state index in [0.717, 1.165) is 19.4 Å². The van der Waals surface area contributed by atoms with Crippen LogP contribution >= 0.6 is 0 Å². The summed E-state index contributed by atoms with van der Waals surface area (Å²) >= 11 is 0. The van der Waals surface area contributed by atoms with Gasteiger partial charge < -0.3 is 24.8 Å². The Kier molecular flexibility index (Phi) is 10.4. The van der Waals surface area contributed by atoms with Gasteiger partial charge in [-0.25, -0.2) is 4.79 Å². The molecule has 6 heteroatoms. The molecule has 0 aromatic carbocycles. The van der Waals surface area contributed by atoms with E-state index < -0.39 is 5.60 Å². The van der Waals surface area contributed by atoms with E-state index in [0.29, 0.717) is 19.8 Å². The van der Waals surface area contributed by atoms with Crippen LogP contribution in [0, 0.1) is 0 Å². The summed E-state index contributed by atoms with van der Waals surface area (Å²) in [6.07, 6.45) is 1.42. The van der Waals surface area contributed by atoms with Crippen molar-refractivity contribution in [1.82, 2.24) is 10.6 Å². The molecule has 0 fully saturated rings. The minimum atomic E-state index is -0.454. The molecule has 0 heterocycles. The maximum Gasteiger partial charge on any atom is 0.407 e. The van der Waals surface area contributed by atoms with Gasteiger partial charge in [-0.3, -0.25) is 0 Å². The molecule has 120 valence electrons. The van der Waals surface area contributed by atoms with Crippen LogP contribution in [0.4, 0.5) is 4.79 Å². The van der Waals surface area contributed by atoms with Crippen molar-refractivity contribution in [1.29, 1.82) is 0 Å². The van der Waals surface area contributed by atoms with E-state index in [2.05, 4.69) is 10.6 Å². The summed E-state index contributed by atoms with van der Waals surface area (Å²) in [4.78, 5) is 11.4. The summed E-state index contributed by atoms with van der Waals surface area (Å²) in [6.45, 7) is 8.26. The summed E-state index contributed by atoms with van der Waals surface area (Å²) in [7, 11) is 3.36. The lowest BCUT2D eigenvalue weighted by Gasteiger charge is -2.20. The minimum Gasteiger partial charge on any atom is -0.444 e. The van der Waals surface area contributed by atoms with Gasteiger partial charge in [0.25, 0.3) is 0 Å². The molecule has 6 nitrogen and oxygen atoms in total. The first-order chi connectivity index (χ1) is 9.39. The number of methoxy groups -OCH3 is 2. The summed E-state index contributed by atoms with van der Waals surface area (Å²) in [5.41, 5.74) is -0.454. The average Bonchev–Trinajstić information content (AvgIpc) is 2.32. The third-order valence-electron chi connectivity index (χ3n) is 2.50. The SMILES string of the molecule is COCCNC(CCCNC(=O)OC(C)(C)C)COC. The van der Waals surface area contributed by atoms with E-state index in [9.17, 15) is 4.79 Å². The monoisotopic (exact) mass is 290 g/mol. The number of nitrogens with one attached hydrogen (secondary N) is 2. The molecule has 0 aliphatic rings. The third kappa shape index (κ3) is 12.2. The summed E-state index contributed by atoms with van der Waals surface area (Å²) in [5.74, 6) is 0. The van der Waals surface area contributed by atoms with Crippen molar-refractivity contribution in [2.45, 2.75) is 45.3 Å². The van der Waals surface area contributed by atoms with E-state index in [1.165, 1.54) is 0 Å². The Morgan fingerprint density at radius 2 is 1.85 bits per heavy atom. The Balaban J connectivity index is 3.74. The Bertz CT molecular complexity index is 254. The second-order valence-electron chi connectivity index (χ2n) is 5.67. The number of hydrogen-bond donors (Lipinski definition) is 2. The van der Waals surface area contributed by atoms with Crippen LogP contribution < -0.4 is 10.6 Å². The van der Waals surface area contributed by atoms with Crippen molar-refractivity contribution in [3.8, 4) is 0 Å². The van der Waals surface area contributed by atoms with Crippen LogP contribution in [-0.2, 0) is 14.2 Å². The molecule has 0 rings (SSSR count). The molecule has 1 amide bonds. The molecule has 1 unspecified atom stereocenters. The van der Waals surface area contributed by atoms with Gasteiger partial charge in [0, 0.05) is 33.4 Å². The van der Waals surface area contributed by atoms with Crippen molar-refractivity contribution in [2.24, 2.45) is 0 Å². The first-order valence-corrected chi connectivity index (χ1v) is 7.07. The zero-order valence-electron chi connectivity index (χ0n) is 13.5. The lowest BCUT2D eigenvalue weighted by molar-refractivity contribution is 0.0526. The van der Waals surface area contributed by atoms with Crippen LogP contribution in [0.1, 0.15) is 33.6 Å². The molecule has 2 N–H and O–H groups in total. The molecule has 0 radical (unpaired) electrons. The normalized spacial score (nSPS) is 13.1. The van der Waals surface area contributed by atoms with Crippen molar-refractivity contribution >= 4 is 6.09 Å². The zero-order chi connectivity index (χ0) is 15.4. The molecule has 0 bridgehead atoms. The second kappa shape index (κ2) is 10.9. The second-order valence-corrected chi connectivity index (χ2v) is 5.67. The summed E-state index contributed by atoms with van der Waals surface area (Å²) < 4.78 is 15.3. The highest BCUT2D eigenvalue weighted by molar-refractivity contribution is 5.67. The first kappa shape index (κ1) is 19.1. The van der Waals surface area contributed by atoms with Gasteiger partial charge in [-0.15, -0.1) is 0 Å². The fourth-order valence-electron chi connectivity index (χ4n) is 1.66. The molecule has 20 heavy (non-hydrogen) atoms. The van der Waals surface area contributed by atoms with Gasteiger partial charge in [0.15, 0.2) is 0 Å². The molecular formula is C14H30N2O4. The standard InChI is InChI=1S/C14H30N2O4/c1-14(2,3)20-13(17)16-8-6-7-12(11-19-5)15-9-10-18-4/h12,15H,6-11H2,1-5H3,(H,16,17). The summed E-state index contributed by atoms with van der Waals surface area (Å²) in [5, 5.41) is 6.10. The lowest BCUT2D eigenvalue weighted by atomic mass is 10.1. The van der Waals surface area contributed by atoms with Crippen LogP contribution in [0.5, 0.6) is 0 Å². The Labute approximate surface area is 122 Å². The Morgan fingerprint density at radius 1 is 1.15 bits per heavy atom. The van der Waals surface area contributed by atoms with Gasteiger partial charge in [0.1, 0.15) is 5.60 Å². The Morgan fingerprint density at radius 3 is 2.40 bits per heavy atom. The molecule has 0 aromatic heterocycles. The van der Waals surface area contributed by atoms with Gasteiger partial charge >= 0.3 is 6.09 Å². The maximum atomic E-state index is 11.4. The predicted octanol–water partition coefficient (Wildman–Crippen LogP) is 1.54. The topological polar surface area (TPSA) is 68.8 Å². The lowest BCUT2D eigenvalue weighted by Crippen LogP contribution is -2.37. The van der Waals surface area contributed by atoms with Gasteiger partial charge in [0.05, 0.1) is 13.2 Å². The molecular weight excluding hydrogens is 260 g/mol. The highest BCUT2D eigenvalue weighted by atomic mass is 16.6. The smallest absolute Gasteiger partial charge is 0.407 e. The van der Waals surface area contributed by atoms with Crippen LogP contribution in [-0.4, -0.2) is 58.3 Å². The number of alkyl carbamates (subject to hydrolysis) is 1. The van der Waals surface area contributed by atoms with E-state index >= 15 is 0 Å². The third-order valence-corrected chi connectivity index (χ3v) is 2.50. The highest BCUT2D eigenvalue weighted by Gasteiger charge is 2.15. The first-order valence-electron chi connectivity index (χ1n) is 7.07. The van der Waals surface area contributed by atoms with Crippen molar-refractivity contribution in [2.75, 3.05) is 40.5 Å². The van der Waals surface area contributed by atoms with Crippen molar-refractivity contribution in [3.63, 3.8) is 0 Å². The molecule has 0 spiro atoms. The van der Waals surface area contributed by atoms with Gasteiger partial charge in [-0.05, 0) is 33.6 Å². The fraction of sp³-hybridized carbons (Fsp3) is 0.929. The molecule has 0 aromatic rings. The van der Waals surface area contributed by atoms with Crippen LogP contribution in [0.2, 0.25) is 0 Å². The Hall–Kier alpha value is -0.850. The number of rotatable bonds is 10. The number of amides is 1. The molecule has 1 atom stereocenters. The van der Waals surface area contributed by atoms with Crippen LogP contribution in [0.25, 0.3) is 0 Å². The molecule has 0 saturated carbocycles. The van der Waals surface area contributed by atoms with Crippen LogP contribution in [0.3, 0.4) is 0 Å². The van der Waals surface area contributed by atoms with E-state index in [1.807, 2.05) is 20.8 Å². The zero-order valence-corrected chi connectivity index (χ0v) is 13.5. The highest BCUT2D eigenvalue weighted by Crippen LogP contribution is 2.06. The predicted molar refractivity (Wildman–Crippen MR) is 79.0 cm³/mol. The fourth-order valence-corrected chi connectivity index (χ4v) is 1.66. The van der Waals surface area contributed by atoms with E-state index in [1.54, 1.807) is 14.2 Å². The van der Waals surface area contributed by atoms with Crippen molar-refractivity contribution in [3.05, 3.63) is 0 Å². The number of carbonyl (C=O) groups is 1. The van der Waals surface area contributed by atoms with Gasteiger partial charge in [-0.2, -0.15) is 0 Å². The molecule has 0 aliphatic heterocycles. The average molecular weight is 290 g/mol. The van der Waals surface area contributed by atoms with Gasteiger partial charge in [0.2, 0.25) is 0 Å². The quantitative estimate of drug-likeness (QED) is 0.597. The minimum absolute atomic E-state index is 0.274. The van der Waals surface area contributed by atoms with E-state index in [4.69, 9.17) is 14.2 Å².